The van der Waals surface area contributed by atoms with Crippen LogP contribution in [0.4, 0.5) is 5.69 Å². The highest BCUT2D eigenvalue weighted by atomic mass is 16.1. The van der Waals surface area contributed by atoms with Crippen LogP contribution in [0.5, 0.6) is 0 Å². The Labute approximate surface area is 103 Å². The van der Waals surface area contributed by atoms with Crippen molar-refractivity contribution in [1.82, 2.24) is 4.90 Å². The lowest BCUT2D eigenvalue weighted by molar-refractivity contribution is 0.0978. The highest BCUT2D eigenvalue weighted by molar-refractivity contribution is 5.96. The van der Waals surface area contributed by atoms with Crippen LogP contribution in [0, 0.1) is 6.57 Å². The number of unbranched alkanes of at least 4 members (excludes halogenated alkanes) is 1. The second kappa shape index (κ2) is 6.82. The van der Waals surface area contributed by atoms with Crippen LogP contribution < -0.4 is 0 Å². The van der Waals surface area contributed by atoms with Crippen LogP contribution in [0.2, 0.25) is 0 Å². The molecule has 0 aliphatic carbocycles. The van der Waals surface area contributed by atoms with E-state index in [1.54, 1.807) is 24.3 Å². The number of hydrogen-bond donors (Lipinski definition) is 0. The fourth-order valence-corrected chi connectivity index (χ4v) is 1.58. The molecule has 0 atom stereocenters. The number of benzene rings is 1. The predicted octanol–water partition coefficient (Wildman–Crippen LogP) is 3.15. The molecule has 1 aromatic rings. The maximum Gasteiger partial charge on any atom is 0.187 e. The molecule has 0 saturated carbocycles. The molecule has 0 N–H and O–H groups in total. The first kappa shape index (κ1) is 13.4. The van der Waals surface area contributed by atoms with Crippen molar-refractivity contribution in [2.75, 3.05) is 20.6 Å². The van der Waals surface area contributed by atoms with Crippen molar-refractivity contribution < 1.29 is 4.79 Å². The predicted molar refractivity (Wildman–Crippen MR) is 69.4 cm³/mol. The molecule has 0 aliphatic heterocycles. The average Bonchev–Trinajstić information content (AvgIpc) is 2.34. The Hall–Kier alpha value is -1.66. The van der Waals surface area contributed by atoms with Gasteiger partial charge in [0.25, 0.3) is 0 Å². The summed E-state index contributed by atoms with van der Waals surface area (Å²) in [4.78, 5) is 17.2. The SMILES string of the molecule is [C-]#[N+]c1ccc(C(=O)CCCCN(C)C)cc1. The number of Topliss-reactive ketones (excluding diaryl/α,β-unsaturated/α-hetero) is 1. The van der Waals surface area contributed by atoms with Crippen molar-refractivity contribution in [1.29, 1.82) is 0 Å². The lowest BCUT2D eigenvalue weighted by atomic mass is 10.1. The lowest BCUT2D eigenvalue weighted by Gasteiger charge is -2.08. The van der Waals surface area contributed by atoms with E-state index in [0.29, 0.717) is 17.7 Å². The van der Waals surface area contributed by atoms with E-state index in [1.807, 2.05) is 14.1 Å². The normalized spacial score (nSPS) is 10.2. The fraction of sp³-hybridized carbons (Fsp3) is 0.429. The molecule has 0 fully saturated rings. The molecule has 0 aromatic heterocycles. The monoisotopic (exact) mass is 230 g/mol. The second-order valence-electron chi connectivity index (χ2n) is 4.34. The van der Waals surface area contributed by atoms with Crippen molar-refractivity contribution >= 4 is 11.5 Å². The molecule has 0 bridgehead atoms. The first-order valence-corrected chi connectivity index (χ1v) is 5.79. The Kier molecular flexibility index (Phi) is 5.38. The highest BCUT2D eigenvalue weighted by Crippen LogP contribution is 2.14. The molecule has 0 heterocycles. The van der Waals surface area contributed by atoms with Crippen molar-refractivity contribution in [2.24, 2.45) is 0 Å². The minimum atomic E-state index is 0.167. The van der Waals surface area contributed by atoms with Crippen molar-refractivity contribution in [3.8, 4) is 0 Å². The molecule has 0 saturated heterocycles. The van der Waals surface area contributed by atoms with Crippen LogP contribution in [0.25, 0.3) is 4.85 Å². The van der Waals surface area contributed by atoms with E-state index in [4.69, 9.17) is 6.57 Å². The summed E-state index contributed by atoms with van der Waals surface area (Å²) in [5.74, 6) is 0.167. The molecule has 3 heteroatoms. The molecule has 0 unspecified atom stereocenters. The molecule has 17 heavy (non-hydrogen) atoms. The van der Waals surface area contributed by atoms with Gasteiger partial charge in [0.1, 0.15) is 0 Å². The van der Waals surface area contributed by atoms with Crippen molar-refractivity contribution in [3.05, 3.63) is 41.2 Å². The Bertz CT molecular complexity index is 401. The van der Waals surface area contributed by atoms with Gasteiger partial charge in [-0.15, -0.1) is 0 Å². The highest BCUT2D eigenvalue weighted by Gasteiger charge is 2.05. The summed E-state index contributed by atoms with van der Waals surface area (Å²) in [7, 11) is 4.07. The Morgan fingerprint density at radius 1 is 1.24 bits per heavy atom. The van der Waals surface area contributed by atoms with E-state index in [9.17, 15) is 4.79 Å². The standard InChI is InChI=1S/C14H18N2O/c1-15-13-9-7-12(8-10-13)14(17)6-4-5-11-16(2)3/h7-10H,4-6,11H2,2-3H3. The molecule has 0 spiro atoms. The molecule has 0 aliphatic rings. The molecular formula is C14H18N2O. The van der Waals surface area contributed by atoms with Crippen LogP contribution in [-0.2, 0) is 0 Å². The van der Waals surface area contributed by atoms with Gasteiger partial charge in [-0.2, -0.15) is 0 Å². The summed E-state index contributed by atoms with van der Waals surface area (Å²) >= 11 is 0. The first-order valence-electron chi connectivity index (χ1n) is 5.79. The molecule has 90 valence electrons. The third kappa shape index (κ3) is 4.80. The Morgan fingerprint density at radius 3 is 2.41 bits per heavy atom. The molecule has 1 aromatic carbocycles. The molecule has 1 rings (SSSR count). The molecule has 3 nitrogen and oxygen atoms in total. The largest absolute Gasteiger partial charge is 0.309 e. The lowest BCUT2D eigenvalue weighted by Crippen LogP contribution is -2.13. The zero-order chi connectivity index (χ0) is 12.7. The number of ketones is 1. The van der Waals surface area contributed by atoms with Crippen LogP contribution in [0.3, 0.4) is 0 Å². The van der Waals surface area contributed by atoms with Crippen LogP contribution in [0.1, 0.15) is 29.6 Å². The number of nitrogens with zero attached hydrogens (tertiary/aromatic N) is 2. The summed E-state index contributed by atoms with van der Waals surface area (Å²) in [5.41, 5.74) is 1.29. The Morgan fingerprint density at radius 2 is 1.88 bits per heavy atom. The number of rotatable bonds is 6. The quantitative estimate of drug-likeness (QED) is 0.426. The maximum atomic E-state index is 11.8. The van der Waals surface area contributed by atoms with Crippen molar-refractivity contribution in [3.63, 3.8) is 0 Å². The van der Waals surface area contributed by atoms with E-state index in [-0.39, 0.29) is 5.78 Å². The fourth-order valence-electron chi connectivity index (χ4n) is 1.58. The van der Waals surface area contributed by atoms with Gasteiger partial charge in [-0.3, -0.25) is 4.79 Å². The maximum absolute atomic E-state index is 11.8. The van der Waals surface area contributed by atoms with Gasteiger partial charge in [-0.1, -0.05) is 24.3 Å². The van der Waals surface area contributed by atoms with Crippen LogP contribution in [-0.4, -0.2) is 31.3 Å². The van der Waals surface area contributed by atoms with Gasteiger partial charge in [0, 0.05) is 12.0 Å². The molecule has 0 amide bonds. The van der Waals surface area contributed by atoms with Crippen LogP contribution >= 0.6 is 0 Å². The van der Waals surface area contributed by atoms with Gasteiger partial charge in [0.05, 0.1) is 6.57 Å². The van der Waals surface area contributed by atoms with Gasteiger partial charge < -0.3 is 4.90 Å². The summed E-state index contributed by atoms with van der Waals surface area (Å²) < 4.78 is 0. The first-order chi connectivity index (χ1) is 8.13. The van der Waals surface area contributed by atoms with E-state index < -0.39 is 0 Å². The third-order valence-electron chi connectivity index (χ3n) is 2.58. The van der Waals surface area contributed by atoms with E-state index in [0.717, 1.165) is 19.4 Å². The average molecular weight is 230 g/mol. The summed E-state index contributed by atoms with van der Waals surface area (Å²) in [6.07, 6.45) is 2.55. The van der Waals surface area contributed by atoms with E-state index >= 15 is 0 Å². The van der Waals surface area contributed by atoms with E-state index in [1.165, 1.54) is 0 Å². The Balaban J connectivity index is 2.39. The van der Waals surface area contributed by atoms with Gasteiger partial charge >= 0.3 is 0 Å². The smallest absolute Gasteiger partial charge is 0.187 e. The minimum Gasteiger partial charge on any atom is -0.309 e. The van der Waals surface area contributed by atoms with Crippen LogP contribution in [0.15, 0.2) is 24.3 Å². The second-order valence-corrected chi connectivity index (χ2v) is 4.34. The number of carbonyl (C=O) groups is 1. The number of carbonyl (C=O) groups excluding carboxylic acids is 1. The number of hydrogen-bond acceptors (Lipinski definition) is 2. The van der Waals surface area contributed by atoms with Gasteiger partial charge in [0.15, 0.2) is 11.5 Å². The third-order valence-corrected chi connectivity index (χ3v) is 2.58. The zero-order valence-electron chi connectivity index (χ0n) is 10.4. The summed E-state index contributed by atoms with van der Waals surface area (Å²) in [6, 6.07) is 6.86. The topological polar surface area (TPSA) is 24.7 Å². The van der Waals surface area contributed by atoms with Gasteiger partial charge in [0.2, 0.25) is 0 Å². The zero-order valence-corrected chi connectivity index (χ0v) is 10.4. The molecular weight excluding hydrogens is 212 g/mol. The van der Waals surface area contributed by atoms with E-state index in [2.05, 4.69) is 9.74 Å². The van der Waals surface area contributed by atoms with Gasteiger partial charge in [-0.05, 0) is 33.5 Å². The van der Waals surface area contributed by atoms with Gasteiger partial charge in [-0.25, -0.2) is 4.85 Å². The van der Waals surface area contributed by atoms with Crippen molar-refractivity contribution in [2.45, 2.75) is 19.3 Å². The minimum absolute atomic E-state index is 0.167. The summed E-state index contributed by atoms with van der Waals surface area (Å²) in [6.45, 7) is 7.85. The summed E-state index contributed by atoms with van der Waals surface area (Å²) in [5, 5.41) is 0. The molecule has 0 radical (unpaired) electrons.